The molecule has 0 atom stereocenters. The fourth-order valence-electron chi connectivity index (χ4n) is 2.05. The molecule has 2 rings (SSSR count). The molecule has 0 aliphatic carbocycles. The summed E-state index contributed by atoms with van der Waals surface area (Å²) in [6.45, 7) is 5.47. The van der Waals surface area contributed by atoms with Gasteiger partial charge in [0.25, 0.3) is 5.91 Å². The lowest BCUT2D eigenvalue weighted by Crippen LogP contribution is -2.42. The number of aromatic nitrogens is 1. The van der Waals surface area contributed by atoms with Gasteiger partial charge in [0.1, 0.15) is 0 Å². The van der Waals surface area contributed by atoms with E-state index < -0.39 is 24.5 Å². The molecule has 138 valence electrons. The molecule has 2 heterocycles. The average molecular weight is 375 g/mol. The van der Waals surface area contributed by atoms with Crippen LogP contribution in [0.15, 0.2) is 29.6 Å². The molecule has 0 unspecified atom stereocenters. The summed E-state index contributed by atoms with van der Waals surface area (Å²) in [6, 6.07) is 6.61. The number of carbonyl (C=O) groups excluding carboxylic acids is 3. The summed E-state index contributed by atoms with van der Waals surface area (Å²) in [6.07, 6.45) is 0. The molecule has 2 aromatic rings. The van der Waals surface area contributed by atoms with Crippen molar-refractivity contribution in [3.63, 3.8) is 0 Å². The molecule has 0 aliphatic heterocycles. The van der Waals surface area contributed by atoms with E-state index in [1.54, 1.807) is 30.4 Å². The largest absolute Gasteiger partial charge is 0.452 e. The topological polar surface area (TPSA) is 97.4 Å². The van der Waals surface area contributed by atoms with Crippen molar-refractivity contribution in [1.29, 1.82) is 0 Å². The number of hydrogen-bond donors (Lipinski definition) is 2. The second kappa shape index (κ2) is 9.10. The van der Waals surface area contributed by atoms with Crippen LogP contribution in [-0.2, 0) is 9.53 Å². The Morgan fingerprint density at radius 2 is 2.00 bits per heavy atom. The highest BCUT2D eigenvalue weighted by Crippen LogP contribution is 2.23. The molecule has 0 spiro atoms. The zero-order valence-electron chi connectivity index (χ0n) is 14.9. The highest BCUT2D eigenvalue weighted by molar-refractivity contribution is 7.13. The lowest BCUT2D eigenvalue weighted by molar-refractivity contribution is -0.123. The van der Waals surface area contributed by atoms with E-state index in [2.05, 4.69) is 15.6 Å². The Bertz CT molecular complexity index is 788. The van der Waals surface area contributed by atoms with E-state index in [4.69, 9.17) is 4.74 Å². The third-order valence-electron chi connectivity index (χ3n) is 3.34. The van der Waals surface area contributed by atoms with Crippen molar-refractivity contribution in [3.05, 3.63) is 40.9 Å². The predicted octanol–water partition coefficient (Wildman–Crippen LogP) is 2.76. The van der Waals surface area contributed by atoms with Crippen LogP contribution >= 0.6 is 11.3 Å². The first-order chi connectivity index (χ1) is 12.4. The lowest BCUT2D eigenvalue weighted by atomic mass is 10.2. The average Bonchev–Trinajstić information content (AvgIpc) is 3.12. The molecular formula is C18H21N3O4S. The zero-order valence-corrected chi connectivity index (χ0v) is 15.7. The van der Waals surface area contributed by atoms with Gasteiger partial charge in [-0.05, 0) is 36.4 Å². The molecule has 0 saturated carbocycles. The molecule has 8 heteroatoms. The highest BCUT2D eigenvalue weighted by atomic mass is 32.1. The van der Waals surface area contributed by atoms with Crippen molar-refractivity contribution in [2.75, 3.05) is 13.2 Å². The van der Waals surface area contributed by atoms with Crippen molar-refractivity contribution >= 4 is 29.2 Å². The second-order valence-corrected chi connectivity index (χ2v) is 6.98. The van der Waals surface area contributed by atoms with Crippen LogP contribution in [0.25, 0.3) is 10.6 Å². The van der Waals surface area contributed by atoms with Crippen LogP contribution in [0, 0.1) is 12.8 Å². The number of imide groups is 1. The third-order valence-corrected chi connectivity index (χ3v) is 4.23. The summed E-state index contributed by atoms with van der Waals surface area (Å²) in [5.41, 5.74) is 1.56. The maximum Gasteiger partial charge on any atom is 0.340 e. The summed E-state index contributed by atoms with van der Waals surface area (Å²) in [4.78, 5) is 40.7. The molecule has 3 amide bonds. The number of nitrogens with zero attached hydrogens (tertiary/aromatic N) is 1. The first-order valence-electron chi connectivity index (χ1n) is 8.13. The number of thiophene rings is 1. The third kappa shape index (κ3) is 5.66. The molecule has 2 aromatic heterocycles. The quantitative estimate of drug-likeness (QED) is 0.757. The summed E-state index contributed by atoms with van der Waals surface area (Å²) < 4.78 is 4.96. The minimum atomic E-state index is -0.694. The maximum atomic E-state index is 12.1. The first-order valence-corrected chi connectivity index (χ1v) is 9.01. The number of nitrogens with one attached hydrogen (secondary N) is 2. The van der Waals surface area contributed by atoms with Crippen LogP contribution in [0.5, 0.6) is 0 Å². The number of esters is 1. The first kappa shape index (κ1) is 19.6. The Hall–Kier alpha value is -2.74. The number of aryl methyl sites for hydroxylation is 1. The molecular weight excluding hydrogens is 354 g/mol. The van der Waals surface area contributed by atoms with Crippen molar-refractivity contribution in [2.24, 2.45) is 5.92 Å². The van der Waals surface area contributed by atoms with E-state index in [1.807, 2.05) is 31.4 Å². The number of carbonyl (C=O) groups is 3. The van der Waals surface area contributed by atoms with Crippen LogP contribution in [-0.4, -0.2) is 36.0 Å². The van der Waals surface area contributed by atoms with Gasteiger partial charge in [-0.2, -0.15) is 0 Å². The molecule has 0 fully saturated rings. The van der Waals surface area contributed by atoms with E-state index in [0.717, 1.165) is 10.6 Å². The van der Waals surface area contributed by atoms with Crippen LogP contribution in [0.2, 0.25) is 0 Å². The predicted molar refractivity (Wildman–Crippen MR) is 98.9 cm³/mol. The van der Waals surface area contributed by atoms with Crippen molar-refractivity contribution in [2.45, 2.75) is 20.8 Å². The molecule has 26 heavy (non-hydrogen) atoms. The Morgan fingerprint density at radius 3 is 2.62 bits per heavy atom. The summed E-state index contributed by atoms with van der Waals surface area (Å²) in [7, 11) is 0. The van der Waals surface area contributed by atoms with Crippen LogP contribution in [0.4, 0.5) is 4.79 Å². The minimum absolute atomic E-state index is 0.265. The Kier molecular flexibility index (Phi) is 6.85. The standard InChI is InChI=1S/C18H21N3O4S/c1-11(2)9-19-18(24)21-16(22)10-25-17(23)13-6-7-14(20-12(13)3)15-5-4-8-26-15/h4-8,11H,9-10H2,1-3H3,(H2,19,21,22,24). The zero-order chi connectivity index (χ0) is 19.1. The molecule has 0 bridgehead atoms. The normalized spacial score (nSPS) is 10.5. The summed E-state index contributed by atoms with van der Waals surface area (Å²) in [5, 5.41) is 6.59. The van der Waals surface area contributed by atoms with Crippen LogP contribution in [0.3, 0.4) is 0 Å². The molecule has 0 saturated heterocycles. The molecule has 0 aliphatic rings. The van der Waals surface area contributed by atoms with Gasteiger partial charge in [0.15, 0.2) is 6.61 Å². The minimum Gasteiger partial charge on any atom is -0.452 e. The van der Waals surface area contributed by atoms with E-state index >= 15 is 0 Å². The lowest BCUT2D eigenvalue weighted by Gasteiger charge is -2.10. The number of urea groups is 1. The SMILES string of the molecule is Cc1nc(-c2cccs2)ccc1C(=O)OCC(=O)NC(=O)NCC(C)C. The number of hydrogen-bond acceptors (Lipinski definition) is 6. The van der Waals surface area contributed by atoms with Gasteiger partial charge in [-0.15, -0.1) is 11.3 Å². The monoisotopic (exact) mass is 375 g/mol. The summed E-state index contributed by atoms with van der Waals surface area (Å²) >= 11 is 1.55. The highest BCUT2D eigenvalue weighted by Gasteiger charge is 2.16. The fraction of sp³-hybridized carbons (Fsp3) is 0.333. The van der Waals surface area contributed by atoms with Crippen molar-refractivity contribution in [3.8, 4) is 10.6 Å². The summed E-state index contributed by atoms with van der Waals surface area (Å²) in [5.74, 6) is -1.09. The van der Waals surface area contributed by atoms with Gasteiger partial charge in [0, 0.05) is 6.54 Å². The van der Waals surface area contributed by atoms with E-state index in [0.29, 0.717) is 12.2 Å². The van der Waals surface area contributed by atoms with Crippen molar-refractivity contribution < 1.29 is 19.1 Å². The Balaban J connectivity index is 1.87. The number of amides is 3. The van der Waals surface area contributed by atoms with Gasteiger partial charge in [-0.1, -0.05) is 19.9 Å². The molecule has 7 nitrogen and oxygen atoms in total. The van der Waals surface area contributed by atoms with E-state index in [1.165, 1.54) is 0 Å². The molecule has 0 aromatic carbocycles. The molecule has 0 radical (unpaired) electrons. The van der Waals surface area contributed by atoms with Crippen molar-refractivity contribution in [1.82, 2.24) is 15.6 Å². The van der Waals surface area contributed by atoms with Crippen LogP contribution in [0.1, 0.15) is 29.9 Å². The second-order valence-electron chi connectivity index (χ2n) is 6.03. The van der Waals surface area contributed by atoms with Gasteiger partial charge in [-0.3, -0.25) is 15.1 Å². The van der Waals surface area contributed by atoms with Gasteiger partial charge in [-0.25, -0.2) is 9.59 Å². The maximum absolute atomic E-state index is 12.1. The Morgan fingerprint density at radius 1 is 1.23 bits per heavy atom. The van der Waals surface area contributed by atoms with Crippen LogP contribution < -0.4 is 10.6 Å². The van der Waals surface area contributed by atoms with E-state index in [-0.39, 0.29) is 11.5 Å². The molecule has 2 N–H and O–H groups in total. The van der Waals surface area contributed by atoms with Gasteiger partial charge >= 0.3 is 12.0 Å². The van der Waals surface area contributed by atoms with E-state index in [9.17, 15) is 14.4 Å². The fourth-order valence-corrected chi connectivity index (χ4v) is 2.75. The van der Waals surface area contributed by atoms with Gasteiger partial charge in [0.2, 0.25) is 0 Å². The number of pyridine rings is 1. The van der Waals surface area contributed by atoms with Gasteiger partial charge < -0.3 is 10.1 Å². The number of ether oxygens (including phenoxy) is 1. The number of rotatable bonds is 6. The van der Waals surface area contributed by atoms with Gasteiger partial charge in [0.05, 0.1) is 21.8 Å². The smallest absolute Gasteiger partial charge is 0.340 e. The Labute approximate surface area is 155 Å².